The molecule has 1 unspecified atom stereocenters. The van der Waals surface area contributed by atoms with Crippen molar-refractivity contribution in [1.29, 1.82) is 0 Å². The summed E-state index contributed by atoms with van der Waals surface area (Å²) >= 11 is -1.45. The lowest BCUT2D eigenvalue weighted by Gasteiger charge is -2.08. The summed E-state index contributed by atoms with van der Waals surface area (Å²) in [4.78, 5) is 34.3. The van der Waals surface area contributed by atoms with Gasteiger partial charge < -0.3 is 14.0 Å². The van der Waals surface area contributed by atoms with Crippen LogP contribution < -0.4 is 4.72 Å². The summed E-state index contributed by atoms with van der Waals surface area (Å²) < 4.78 is 22.7. The largest absolute Gasteiger partial charge is 0.593 e. The predicted octanol–water partition coefficient (Wildman–Crippen LogP) is 1.40. The van der Waals surface area contributed by atoms with Crippen molar-refractivity contribution >= 4 is 29.2 Å². The Hall–Kier alpha value is -1.54. The van der Waals surface area contributed by atoms with E-state index >= 15 is 0 Å². The number of carbonyl (C=O) groups is 3. The molecule has 0 aliphatic heterocycles. The van der Waals surface area contributed by atoms with Gasteiger partial charge in [-0.1, -0.05) is 32.8 Å². The van der Waals surface area contributed by atoms with E-state index in [2.05, 4.69) is 18.2 Å². The van der Waals surface area contributed by atoms with E-state index in [-0.39, 0.29) is 25.0 Å². The molecular formula is C15H25NO6S. The molecule has 0 bridgehead atoms. The van der Waals surface area contributed by atoms with Gasteiger partial charge in [0.15, 0.2) is 0 Å². The highest BCUT2D eigenvalue weighted by atomic mass is 32.2. The highest BCUT2D eigenvalue weighted by Gasteiger charge is 2.15. The number of unbranched alkanes of at least 4 members (excludes halogenated alkanes) is 3. The Bertz CT molecular complexity index is 411. The van der Waals surface area contributed by atoms with Crippen molar-refractivity contribution in [3.8, 4) is 0 Å². The van der Waals surface area contributed by atoms with Crippen LogP contribution in [0.3, 0.4) is 0 Å². The Balaban J connectivity index is 3.82. The summed E-state index contributed by atoms with van der Waals surface area (Å²) in [7, 11) is 0. The molecule has 7 nitrogen and oxygen atoms in total. The van der Waals surface area contributed by atoms with E-state index in [4.69, 9.17) is 9.47 Å². The van der Waals surface area contributed by atoms with Gasteiger partial charge in [0, 0.05) is 5.57 Å². The van der Waals surface area contributed by atoms with Crippen LogP contribution in [0.1, 0.15) is 45.4 Å². The van der Waals surface area contributed by atoms with Crippen molar-refractivity contribution in [1.82, 2.24) is 4.72 Å². The van der Waals surface area contributed by atoms with Gasteiger partial charge in [0.2, 0.25) is 0 Å². The van der Waals surface area contributed by atoms with Crippen LogP contribution >= 0.6 is 0 Å². The second-order valence-corrected chi connectivity index (χ2v) is 6.04. The normalized spacial score (nSPS) is 11.4. The van der Waals surface area contributed by atoms with Crippen LogP contribution in [-0.4, -0.2) is 41.9 Å². The van der Waals surface area contributed by atoms with E-state index in [1.807, 2.05) is 0 Å². The van der Waals surface area contributed by atoms with Crippen LogP contribution in [-0.2, 0) is 35.2 Å². The molecule has 0 saturated heterocycles. The molecule has 0 fully saturated rings. The fourth-order valence-electron chi connectivity index (χ4n) is 1.56. The van der Waals surface area contributed by atoms with Gasteiger partial charge in [0.05, 0.1) is 30.8 Å². The molecule has 0 rings (SSSR count). The average Bonchev–Trinajstić information content (AvgIpc) is 2.45. The Morgan fingerprint density at radius 3 is 2.43 bits per heavy atom. The molecule has 1 atom stereocenters. The summed E-state index contributed by atoms with van der Waals surface area (Å²) in [6, 6.07) is 0. The zero-order chi connectivity index (χ0) is 17.7. The van der Waals surface area contributed by atoms with Crippen LogP contribution in [0.2, 0.25) is 0 Å². The minimum Gasteiger partial charge on any atom is -0.593 e. The molecule has 0 spiro atoms. The second-order valence-electron chi connectivity index (χ2n) is 4.93. The highest BCUT2D eigenvalue weighted by Crippen LogP contribution is 2.05. The lowest BCUT2D eigenvalue weighted by Crippen LogP contribution is -2.30. The molecule has 0 radical (unpaired) electrons. The molecule has 0 aliphatic rings. The molecule has 1 N–H and O–H groups in total. The standard InChI is InChI=1S/C15H25NO6S/c1-4-5-6-7-9-21-14(18)11-12(2)15(19)22-10-8-13(17)16-23(3)20/h2,4-11H2,1,3H3,(H,16,17). The van der Waals surface area contributed by atoms with Gasteiger partial charge in [-0.25, -0.2) is 4.79 Å². The summed E-state index contributed by atoms with van der Waals surface area (Å²) in [5.41, 5.74) is -0.0250. The number of carbonyl (C=O) groups excluding carboxylic acids is 3. The molecular weight excluding hydrogens is 322 g/mol. The number of hydrogen-bond acceptors (Lipinski definition) is 6. The van der Waals surface area contributed by atoms with Crippen molar-refractivity contribution in [3.05, 3.63) is 12.2 Å². The van der Waals surface area contributed by atoms with Gasteiger partial charge in [0.1, 0.15) is 12.9 Å². The van der Waals surface area contributed by atoms with Crippen molar-refractivity contribution in [2.45, 2.75) is 45.4 Å². The number of amides is 1. The Morgan fingerprint density at radius 2 is 1.83 bits per heavy atom. The van der Waals surface area contributed by atoms with Gasteiger partial charge in [-0.05, 0) is 6.42 Å². The molecule has 23 heavy (non-hydrogen) atoms. The van der Waals surface area contributed by atoms with Crippen molar-refractivity contribution in [3.63, 3.8) is 0 Å². The SMILES string of the molecule is C=C(CC(=O)OCCCCCC)C(=O)OCCC(=O)N[S+](C)[O-]. The number of nitrogens with one attached hydrogen (secondary N) is 1. The lowest BCUT2D eigenvalue weighted by molar-refractivity contribution is -0.146. The highest BCUT2D eigenvalue weighted by molar-refractivity contribution is 7.89. The molecule has 8 heteroatoms. The number of esters is 2. The molecule has 1 amide bonds. The smallest absolute Gasteiger partial charge is 0.334 e. The van der Waals surface area contributed by atoms with Gasteiger partial charge >= 0.3 is 11.9 Å². The maximum Gasteiger partial charge on any atom is 0.334 e. The zero-order valence-corrected chi connectivity index (χ0v) is 14.5. The second kappa shape index (κ2) is 13.0. The van der Waals surface area contributed by atoms with E-state index in [9.17, 15) is 18.9 Å². The van der Waals surface area contributed by atoms with Gasteiger partial charge in [0.25, 0.3) is 5.91 Å². The predicted molar refractivity (Wildman–Crippen MR) is 86.6 cm³/mol. The first-order valence-electron chi connectivity index (χ1n) is 7.50. The van der Waals surface area contributed by atoms with Gasteiger partial charge in [-0.15, -0.1) is 0 Å². The van der Waals surface area contributed by atoms with E-state index in [0.29, 0.717) is 6.61 Å². The van der Waals surface area contributed by atoms with Gasteiger partial charge in [-0.2, -0.15) is 4.72 Å². The molecule has 0 aliphatic carbocycles. The van der Waals surface area contributed by atoms with Crippen LogP contribution in [0, 0.1) is 0 Å². The van der Waals surface area contributed by atoms with Crippen LogP contribution in [0.5, 0.6) is 0 Å². The monoisotopic (exact) mass is 347 g/mol. The molecule has 0 aromatic rings. The van der Waals surface area contributed by atoms with E-state index in [0.717, 1.165) is 25.7 Å². The third-order valence-corrected chi connectivity index (χ3v) is 3.24. The number of rotatable bonds is 12. The molecule has 0 saturated carbocycles. The van der Waals surface area contributed by atoms with Crippen molar-refractivity contribution in [2.24, 2.45) is 0 Å². The number of ether oxygens (including phenoxy) is 2. The van der Waals surface area contributed by atoms with Crippen molar-refractivity contribution in [2.75, 3.05) is 19.5 Å². The average molecular weight is 347 g/mol. The molecule has 0 heterocycles. The maximum atomic E-state index is 11.6. The summed E-state index contributed by atoms with van der Waals surface area (Å²) in [5.74, 6) is -1.77. The quantitative estimate of drug-likeness (QED) is 0.248. The summed E-state index contributed by atoms with van der Waals surface area (Å²) in [5, 5.41) is 0. The first-order valence-corrected chi connectivity index (χ1v) is 9.06. The first-order chi connectivity index (χ1) is 10.9. The summed E-state index contributed by atoms with van der Waals surface area (Å²) in [6.45, 7) is 5.72. The Morgan fingerprint density at radius 1 is 1.13 bits per heavy atom. The van der Waals surface area contributed by atoms with Crippen LogP contribution in [0.15, 0.2) is 12.2 Å². The topological polar surface area (TPSA) is 105 Å². The zero-order valence-electron chi connectivity index (χ0n) is 13.7. The van der Waals surface area contributed by atoms with Crippen LogP contribution in [0.4, 0.5) is 0 Å². The minimum atomic E-state index is -1.45. The fourth-order valence-corrected chi connectivity index (χ4v) is 1.98. The van der Waals surface area contributed by atoms with Crippen molar-refractivity contribution < 1.29 is 28.4 Å². The first kappa shape index (κ1) is 21.5. The lowest BCUT2D eigenvalue weighted by atomic mass is 10.2. The summed E-state index contributed by atoms with van der Waals surface area (Å²) in [6.07, 6.45) is 4.96. The fraction of sp³-hybridized carbons (Fsp3) is 0.667. The van der Waals surface area contributed by atoms with Gasteiger partial charge in [-0.3, -0.25) is 9.59 Å². The van der Waals surface area contributed by atoms with E-state index in [1.165, 1.54) is 6.26 Å². The number of hydrogen-bond donors (Lipinski definition) is 1. The Labute approximate surface area is 140 Å². The minimum absolute atomic E-state index is 0.0250. The molecule has 0 aromatic heterocycles. The van der Waals surface area contributed by atoms with E-state index in [1.54, 1.807) is 0 Å². The Kier molecular flexibility index (Phi) is 12.1. The molecule has 132 valence electrons. The van der Waals surface area contributed by atoms with Crippen LogP contribution in [0.25, 0.3) is 0 Å². The van der Waals surface area contributed by atoms with E-state index < -0.39 is 29.2 Å². The molecule has 0 aromatic carbocycles. The maximum absolute atomic E-state index is 11.6. The third kappa shape index (κ3) is 12.7. The third-order valence-electron chi connectivity index (χ3n) is 2.73.